The second-order valence-electron chi connectivity index (χ2n) is 11.8. The van der Waals surface area contributed by atoms with Crippen molar-refractivity contribution in [1.82, 2.24) is 10.2 Å². The van der Waals surface area contributed by atoms with E-state index in [1.54, 1.807) is 41.3 Å². The highest BCUT2D eigenvalue weighted by molar-refractivity contribution is 7.92. The summed E-state index contributed by atoms with van der Waals surface area (Å²) in [7, 11) is -4.09. The number of nitrogens with one attached hydrogen (secondary N) is 1. The Bertz CT molecular complexity index is 1460. The van der Waals surface area contributed by atoms with Crippen molar-refractivity contribution in [3.05, 3.63) is 95.1 Å². The SMILES string of the molecule is CC[C@H](C(=O)NC1CCCCC1)N(CCc1ccccc1)C(=O)CN(c1cc(C)cc(C)c1)S(=O)(=O)c1ccc(C)cc1. The minimum Gasteiger partial charge on any atom is -0.352 e. The van der Waals surface area contributed by atoms with E-state index in [1.165, 1.54) is 10.7 Å². The average Bonchev–Trinajstić information content (AvgIpc) is 2.98. The summed E-state index contributed by atoms with van der Waals surface area (Å²) < 4.78 is 29.4. The highest BCUT2D eigenvalue weighted by atomic mass is 32.2. The van der Waals surface area contributed by atoms with Crippen molar-refractivity contribution in [1.29, 1.82) is 0 Å². The van der Waals surface area contributed by atoms with Crippen molar-refractivity contribution in [2.75, 3.05) is 17.4 Å². The lowest BCUT2D eigenvalue weighted by Crippen LogP contribution is -2.54. The Labute approximate surface area is 257 Å². The molecule has 1 aliphatic carbocycles. The van der Waals surface area contributed by atoms with Gasteiger partial charge in [0.1, 0.15) is 12.6 Å². The predicted octanol–water partition coefficient (Wildman–Crippen LogP) is 6.11. The van der Waals surface area contributed by atoms with Crippen LogP contribution in [0.4, 0.5) is 5.69 Å². The number of carbonyl (C=O) groups is 2. The molecule has 0 spiro atoms. The molecule has 2 amide bonds. The van der Waals surface area contributed by atoms with Crippen molar-refractivity contribution in [3.63, 3.8) is 0 Å². The van der Waals surface area contributed by atoms with E-state index >= 15 is 0 Å². The normalized spacial score (nSPS) is 14.6. The van der Waals surface area contributed by atoms with Gasteiger partial charge in [0.15, 0.2) is 0 Å². The molecule has 4 rings (SSSR count). The van der Waals surface area contributed by atoms with Gasteiger partial charge in [-0.2, -0.15) is 0 Å². The molecule has 1 atom stereocenters. The summed E-state index contributed by atoms with van der Waals surface area (Å²) in [4.78, 5) is 29.6. The lowest BCUT2D eigenvalue weighted by atomic mass is 9.95. The molecule has 0 radical (unpaired) electrons. The Morgan fingerprint density at radius 1 is 0.860 bits per heavy atom. The van der Waals surface area contributed by atoms with Gasteiger partial charge < -0.3 is 10.2 Å². The van der Waals surface area contributed by atoms with E-state index in [4.69, 9.17) is 0 Å². The maximum atomic E-state index is 14.3. The number of nitrogens with zero attached hydrogens (tertiary/aromatic N) is 2. The Balaban J connectivity index is 1.69. The molecule has 1 fully saturated rings. The zero-order chi connectivity index (χ0) is 31.0. The average molecular weight is 604 g/mol. The predicted molar refractivity (Wildman–Crippen MR) is 173 cm³/mol. The summed E-state index contributed by atoms with van der Waals surface area (Å²) >= 11 is 0. The third kappa shape index (κ3) is 8.47. The van der Waals surface area contributed by atoms with Gasteiger partial charge >= 0.3 is 0 Å². The highest BCUT2D eigenvalue weighted by Crippen LogP contribution is 2.27. The van der Waals surface area contributed by atoms with E-state index in [1.807, 2.05) is 64.1 Å². The van der Waals surface area contributed by atoms with Crippen LogP contribution in [-0.4, -0.2) is 50.3 Å². The molecule has 0 bridgehead atoms. The van der Waals surface area contributed by atoms with E-state index in [0.29, 0.717) is 25.1 Å². The molecular formula is C35H45N3O4S. The summed E-state index contributed by atoms with van der Waals surface area (Å²) in [6.45, 7) is 7.49. The van der Waals surface area contributed by atoms with Crippen LogP contribution in [0.3, 0.4) is 0 Å². The van der Waals surface area contributed by atoms with Crippen molar-refractivity contribution < 1.29 is 18.0 Å². The van der Waals surface area contributed by atoms with E-state index in [2.05, 4.69) is 5.32 Å². The fourth-order valence-corrected chi connectivity index (χ4v) is 7.30. The Morgan fingerprint density at radius 3 is 2.09 bits per heavy atom. The Kier molecular flexibility index (Phi) is 11.0. The first-order valence-corrected chi connectivity index (χ1v) is 16.8. The smallest absolute Gasteiger partial charge is 0.264 e. The van der Waals surface area contributed by atoms with Crippen LogP contribution in [0, 0.1) is 20.8 Å². The van der Waals surface area contributed by atoms with Gasteiger partial charge in [0.2, 0.25) is 11.8 Å². The quantitative estimate of drug-likeness (QED) is 0.271. The molecule has 0 unspecified atom stereocenters. The summed E-state index contributed by atoms with van der Waals surface area (Å²) in [6.07, 6.45) is 6.20. The number of sulfonamides is 1. The molecule has 1 saturated carbocycles. The number of aryl methyl sites for hydroxylation is 3. The van der Waals surface area contributed by atoms with Crippen molar-refractivity contribution in [3.8, 4) is 0 Å². The molecule has 0 aromatic heterocycles. The van der Waals surface area contributed by atoms with Crippen LogP contribution in [0.2, 0.25) is 0 Å². The molecule has 7 nitrogen and oxygen atoms in total. The first-order valence-electron chi connectivity index (χ1n) is 15.4. The van der Waals surface area contributed by atoms with Crippen LogP contribution in [0.1, 0.15) is 67.7 Å². The van der Waals surface area contributed by atoms with Gasteiger partial charge in [-0.1, -0.05) is 80.3 Å². The summed E-state index contributed by atoms with van der Waals surface area (Å²) in [5.74, 6) is -0.577. The lowest BCUT2D eigenvalue weighted by molar-refractivity contribution is -0.140. The number of hydrogen-bond donors (Lipinski definition) is 1. The van der Waals surface area contributed by atoms with E-state index in [9.17, 15) is 18.0 Å². The van der Waals surface area contributed by atoms with Crippen molar-refractivity contribution in [2.45, 2.75) is 89.6 Å². The molecular weight excluding hydrogens is 558 g/mol. The van der Waals surface area contributed by atoms with Gasteiger partial charge in [0, 0.05) is 12.6 Å². The Morgan fingerprint density at radius 2 is 1.49 bits per heavy atom. The van der Waals surface area contributed by atoms with Gasteiger partial charge in [0.05, 0.1) is 10.6 Å². The molecule has 3 aromatic carbocycles. The second-order valence-corrected chi connectivity index (χ2v) is 13.6. The number of carbonyl (C=O) groups excluding carboxylic acids is 2. The van der Waals surface area contributed by atoms with Crippen LogP contribution >= 0.6 is 0 Å². The molecule has 0 aliphatic heterocycles. The van der Waals surface area contributed by atoms with Gasteiger partial charge in [-0.3, -0.25) is 13.9 Å². The van der Waals surface area contributed by atoms with Crippen LogP contribution < -0.4 is 9.62 Å². The van der Waals surface area contributed by atoms with Crippen LogP contribution in [0.5, 0.6) is 0 Å². The highest BCUT2D eigenvalue weighted by Gasteiger charge is 2.34. The van der Waals surface area contributed by atoms with Crippen LogP contribution in [0.15, 0.2) is 77.7 Å². The molecule has 1 aliphatic rings. The molecule has 43 heavy (non-hydrogen) atoms. The topological polar surface area (TPSA) is 86.8 Å². The van der Waals surface area contributed by atoms with Gasteiger partial charge in [-0.05, 0) is 87.4 Å². The summed E-state index contributed by atoms with van der Waals surface area (Å²) in [5, 5.41) is 3.20. The minimum absolute atomic E-state index is 0.107. The van der Waals surface area contributed by atoms with Gasteiger partial charge in [0.25, 0.3) is 10.0 Å². The van der Waals surface area contributed by atoms with Gasteiger partial charge in [-0.15, -0.1) is 0 Å². The third-order valence-electron chi connectivity index (χ3n) is 8.20. The minimum atomic E-state index is -4.09. The zero-order valence-electron chi connectivity index (χ0n) is 25.9. The maximum Gasteiger partial charge on any atom is 0.264 e. The molecule has 0 saturated heterocycles. The molecule has 1 N–H and O–H groups in total. The standard InChI is InChI=1S/C35H45N3O4S/c1-5-33(35(40)36-30-14-10-7-11-15-30)37(21-20-29-12-8-6-9-13-29)34(39)25-38(31-23-27(3)22-28(4)24-31)43(41,42)32-18-16-26(2)17-19-32/h6,8-9,12-13,16-19,22-24,30,33H,5,7,10-11,14-15,20-21,25H2,1-4H3,(H,36,40)/t33-/m1/s1. The monoisotopic (exact) mass is 603 g/mol. The maximum absolute atomic E-state index is 14.3. The zero-order valence-corrected chi connectivity index (χ0v) is 26.7. The third-order valence-corrected chi connectivity index (χ3v) is 9.99. The van der Waals surface area contributed by atoms with E-state index < -0.39 is 28.5 Å². The number of rotatable bonds is 12. The first kappa shape index (κ1) is 32.3. The first-order chi connectivity index (χ1) is 20.6. The Hall–Kier alpha value is -3.65. The number of anilines is 1. The number of amides is 2. The molecule has 230 valence electrons. The van der Waals surface area contributed by atoms with E-state index in [0.717, 1.165) is 47.9 Å². The summed E-state index contributed by atoms with van der Waals surface area (Å²) in [5.41, 5.74) is 4.20. The van der Waals surface area contributed by atoms with Crippen LogP contribution in [-0.2, 0) is 26.0 Å². The van der Waals surface area contributed by atoms with Gasteiger partial charge in [-0.25, -0.2) is 8.42 Å². The molecule has 8 heteroatoms. The number of benzene rings is 3. The largest absolute Gasteiger partial charge is 0.352 e. The van der Waals surface area contributed by atoms with Crippen molar-refractivity contribution >= 4 is 27.5 Å². The second kappa shape index (κ2) is 14.7. The van der Waals surface area contributed by atoms with E-state index in [-0.39, 0.29) is 16.8 Å². The summed E-state index contributed by atoms with van der Waals surface area (Å²) in [6, 6.07) is 21.4. The fraction of sp³-hybridized carbons (Fsp3) is 0.429. The fourth-order valence-electron chi connectivity index (χ4n) is 5.90. The molecule has 0 heterocycles. The van der Waals surface area contributed by atoms with Crippen molar-refractivity contribution in [2.24, 2.45) is 0 Å². The lowest BCUT2D eigenvalue weighted by Gasteiger charge is -2.34. The number of hydrogen-bond acceptors (Lipinski definition) is 4. The van der Waals surface area contributed by atoms with Crippen LogP contribution in [0.25, 0.3) is 0 Å². The molecule has 3 aromatic rings.